The van der Waals surface area contributed by atoms with E-state index in [4.69, 9.17) is 4.99 Å². The van der Waals surface area contributed by atoms with E-state index in [2.05, 4.69) is 35.7 Å². The van der Waals surface area contributed by atoms with Gasteiger partial charge in [-0.15, -0.1) is 11.3 Å². The third kappa shape index (κ3) is 2.35. The van der Waals surface area contributed by atoms with Gasteiger partial charge in [-0.05, 0) is 75.5 Å². The maximum atomic E-state index is 12.7. The molecule has 0 amide bonds. The second kappa shape index (κ2) is 5.50. The minimum Gasteiger partial charge on any atom is -0.508 e. The summed E-state index contributed by atoms with van der Waals surface area (Å²) in [5.41, 5.74) is 2.58. The number of benzene rings is 1. The van der Waals surface area contributed by atoms with Crippen molar-refractivity contribution < 1.29 is 9.90 Å². The van der Waals surface area contributed by atoms with Crippen LogP contribution >= 0.6 is 33.9 Å². The van der Waals surface area contributed by atoms with Crippen LogP contribution in [0.2, 0.25) is 13.1 Å². The number of rotatable bonds is 1. The van der Waals surface area contributed by atoms with Gasteiger partial charge >= 0.3 is 0 Å². The Labute approximate surface area is 158 Å². The van der Waals surface area contributed by atoms with Gasteiger partial charge in [0.25, 0.3) is 0 Å². The Morgan fingerprint density at radius 1 is 1.17 bits per heavy atom. The first-order valence-corrected chi connectivity index (χ1v) is 12.4. The van der Waals surface area contributed by atoms with E-state index >= 15 is 0 Å². The molecule has 3 nitrogen and oxygen atoms in total. The molecule has 1 aliphatic carbocycles. The first kappa shape index (κ1) is 16.0. The number of carbonyl (C=O) groups is 1. The van der Waals surface area contributed by atoms with Gasteiger partial charge in [0.15, 0.2) is 5.78 Å². The molecule has 1 aliphatic heterocycles. The van der Waals surface area contributed by atoms with Gasteiger partial charge in [-0.3, -0.25) is 4.79 Å². The quantitative estimate of drug-likeness (QED) is 0.392. The van der Waals surface area contributed by atoms with Crippen LogP contribution in [0.15, 0.2) is 52.7 Å². The summed E-state index contributed by atoms with van der Waals surface area (Å²) in [7, 11) is -2.16. The standard InChI is InChI=1S/C18H14INO2SSi/c1-24(2)15-9-10(21)3-4-11(15)20-12-5-6-13(22)17(18(12)24)14-7-8-16(19)23-14/h3-9,21H,1-2H3. The summed E-state index contributed by atoms with van der Waals surface area (Å²) >= 11 is 3.91. The zero-order valence-electron chi connectivity index (χ0n) is 13.1. The number of allylic oxidation sites excluding steroid dienone is 4. The number of hydrogen-bond acceptors (Lipinski definition) is 4. The number of ketones is 1. The summed E-state index contributed by atoms with van der Waals surface area (Å²) < 4.78 is 1.16. The molecular formula is C18H14INO2SSi. The normalized spacial score (nSPS) is 18.3. The summed E-state index contributed by atoms with van der Waals surface area (Å²) in [5.74, 6) is 0.296. The Balaban J connectivity index is 2.06. The van der Waals surface area contributed by atoms with Crippen molar-refractivity contribution in [3.05, 3.63) is 55.4 Å². The Bertz CT molecular complexity index is 985. The SMILES string of the molecule is C[Si]1(C)C2=C(c3ccc(I)s3)C(=O)C=CC2=Nc2ccc(O)cc21. The van der Waals surface area contributed by atoms with E-state index < -0.39 is 8.07 Å². The number of nitrogens with zero attached hydrogens (tertiary/aromatic N) is 1. The lowest BCUT2D eigenvalue weighted by molar-refractivity contribution is -0.109. The number of phenols is 1. The summed E-state index contributed by atoms with van der Waals surface area (Å²) in [4.78, 5) is 18.5. The molecule has 1 aromatic heterocycles. The molecule has 1 N–H and O–H groups in total. The van der Waals surface area contributed by atoms with Crippen molar-refractivity contribution in [3.63, 3.8) is 0 Å². The zero-order chi connectivity index (χ0) is 17.1. The van der Waals surface area contributed by atoms with Crippen LogP contribution in [0.25, 0.3) is 5.57 Å². The molecule has 2 aliphatic rings. The number of fused-ring (bicyclic) bond motifs is 2. The Morgan fingerprint density at radius 2 is 1.96 bits per heavy atom. The first-order valence-electron chi connectivity index (χ1n) is 7.53. The largest absolute Gasteiger partial charge is 0.508 e. The second-order valence-electron chi connectivity index (χ2n) is 6.37. The van der Waals surface area contributed by atoms with Crippen LogP contribution in [0, 0.1) is 2.88 Å². The number of hydrogen-bond donors (Lipinski definition) is 1. The fourth-order valence-electron chi connectivity index (χ4n) is 3.38. The highest BCUT2D eigenvalue weighted by molar-refractivity contribution is 14.1. The number of halogens is 1. The van der Waals surface area contributed by atoms with Gasteiger partial charge in [0, 0.05) is 10.5 Å². The summed E-state index contributed by atoms with van der Waals surface area (Å²) in [6, 6.07) is 9.40. The van der Waals surface area contributed by atoms with Gasteiger partial charge in [0.2, 0.25) is 0 Å². The number of phenolic OH excluding ortho intramolecular Hbond substituents is 1. The first-order chi connectivity index (χ1) is 11.4. The van der Waals surface area contributed by atoms with Crippen LogP contribution in [0.5, 0.6) is 5.75 Å². The average molecular weight is 463 g/mol. The maximum Gasteiger partial charge on any atom is 0.187 e. The molecule has 0 saturated heterocycles. The Kier molecular flexibility index (Phi) is 3.66. The van der Waals surface area contributed by atoms with Crippen LogP contribution in [0.1, 0.15) is 4.88 Å². The van der Waals surface area contributed by atoms with E-state index in [1.54, 1.807) is 23.5 Å². The lowest BCUT2D eigenvalue weighted by Gasteiger charge is -2.35. The molecule has 0 saturated carbocycles. The minimum absolute atomic E-state index is 0.0476. The molecule has 0 bridgehead atoms. The predicted molar refractivity (Wildman–Crippen MR) is 110 cm³/mol. The van der Waals surface area contributed by atoms with E-state index in [0.717, 1.165) is 35.1 Å². The van der Waals surface area contributed by atoms with E-state index in [0.29, 0.717) is 0 Å². The molecule has 6 heteroatoms. The molecule has 0 atom stereocenters. The lowest BCUT2D eigenvalue weighted by atomic mass is 10.0. The van der Waals surface area contributed by atoms with Crippen molar-refractivity contribution in [1.29, 1.82) is 0 Å². The molecule has 2 heterocycles. The van der Waals surface area contributed by atoms with Crippen molar-refractivity contribution in [2.75, 3.05) is 0 Å². The third-order valence-corrected chi connectivity index (χ3v) is 9.90. The van der Waals surface area contributed by atoms with Crippen molar-refractivity contribution in [3.8, 4) is 5.75 Å². The van der Waals surface area contributed by atoms with Crippen LogP contribution in [-0.2, 0) is 4.79 Å². The number of carbonyl (C=O) groups excluding carboxylic acids is 1. The van der Waals surface area contributed by atoms with Crippen LogP contribution in [-0.4, -0.2) is 24.7 Å². The number of aromatic hydroxyl groups is 1. The van der Waals surface area contributed by atoms with E-state index in [9.17, 15) is 9.90 Å². The maximum absolute atomic E-state index is 12.7. The van der Waals surface area contributed by atoms with E-state index in [-0.39, 0.29) is 11.5 Å². The molecule has 4 rings (SSSR count). The smallest absolute Gasteiger partial charge is 0.187 e. The zero-order valence-corrected chi connectivity index (χ0v) is 17.1. The summed E-state index contributed by atoms with van der Waals surface area (Å²) in [5, 5.41) is 12.1. The van der Waals surface area contributed by atoms with Gasteiger partial charge in [0.05, 0.1) is 14.3 Å². The van der Waals surface area contributed by atoms with Crippen molar-refractivity contribution in [2.45, 2.75) is 13.1 Å². The molecule has 0 radical (unpaired) electrons. The topological polar surface area (TPSA) is 49.7 Å². The number of aliphatic imine (C=N–C) groups is 1. The molecule has 24 heavy (non-hydrogen) atoms. The van der Waals surface area contributed by atoms with Gasteiger partial charge in [-0.2, -0.15) is 0 Å². The van der Waals surface area contributed by atoms with E-state index in [1.165, 1.54) is 0 Å². The lowest BCUT2D eigenvalue weighted by Crippen LogP contribution is -2.50. The highest BCUT2D eigenvalue weighted by Crippen LogP contribution is 2.39. The summed E-state index contributed by atoms with van der Waals surface area (Å²) in [6.45, 7) is 4.45. The molecule has 120 valence electrons. The highest BCUT2D eigenvalue weighted by atomic mass is 127. The van der Waals surface area contributed by atoms with Crippen LogP contribution < -0.4 is 5.19 Å². The minimum atomic E-state index is -2.16. The molecule has 1 aromatic carbocycles. The Morgan fingerprint density at radius 3 is 2.67 bits per heavy atom. The Hall–Kier alpha value is -1.51. The molecule has 0 unspecified atom stereocenters. The van der Waals surface area contributed by atoms with Crippen molar-refractivity contribution >= 4 is 69.9 Å². The second-order valence-corrected chi connectivity index (χ2v) is 13.6. The summed E-state index contributed by atoms with van der Waals surface area (Å²) in [6.07, 6.45) is 3.46. The van der Waals surface area contributed by atoms with Crippen molar-refractivity contribution in [2.24, 2.45) is 4.99 Å². The molecule has 0 spiro atoms. The molecular weight excluding hydrogens is 449 g/mol. The fraction of sp³-hybridized carbons (Fsp3) is 0.111. The third-order valence-electron chi connectivity index (χ3n) is 4.48. The van der Waals surface area contributed by atoms with Gasteiger partial charge in [-0.1, -0.05) is 13.1 Å². The van der Waals surface area contributed by atoms with Gasteiger partial charge < -0.3 is 5.11 Å². The van der Waals surface area contributed by atoms with Gasteiger partial charge in [0.1, 0.15) is 13.8 Å². The number of thiophene rings is 1. The van der Waals surface area contributed by atoms with Crippen molar-refractivity contribution in [1.82, 2.24) is 0 Å². The monoisotopic (exact) mass is 463 g/mol. The average Bonchev–Trinajstić information content (AvgIpc) is 2.95. The highest BCUT2D eigenvalue weighted by Gasteiger charge is 2.41. The molecule has 0 fully saturated rings. The van der Waals surface area contributed by atoms with Crippen LogP contribution in [0.3, 0.4) is 0 Å². The van der Waals surface area contributed by atoms with Gasteiger partial charge in [-0.25, -0.2) is 4.99 Å². The predicted octanol–water partition coefficient (Wildman–Crippen LogP) is 4.19. The molecule has 2 aromatic rings. The van der Waals surface area contributed by atoms with E-state index in [1.807, 2.05) is 30.3 Å². The fourth-order valence-corrected chi connectivity index (χ4v) is 8.37. The van der Waals surface area contributed by atoms with Crippen LogP contribution in [0.4, 0.5) is 5.69 Å².